The number of rotatable bonds is 0. The van der Waals surface area contributed by atoms with Gasteiger partial charge in [0, 0.05) is 31.1 Å². The Kier molecular flexibility index (Phi) is 2.04. The first-order valence-corrected chi connectivity index (χ1v) is 5.90. The van der Waals surface area contributed by atoms with Crippen molar-refractivity contribution in [2.75, 3.05) is 6.54 Å². The summed E-state index contributed by atoms with van der Waals surface area (Å²) in [4.78, 5) is 16.2. The van der Waals surface area contributed by atoms with Crippen LogP contribution in [0.4, 0.5) is 0 Å². The van der Waals surface area contributed by atoms with E-state index in [0.717, 1.165) is 33.3 Å². The molecule has 1 aliphatic rings. The van der Waals surface area contributed by atoms with E-state index in [2.05, 4.69) is 26.2 Å². The van der Waals surface area contributed by atoms with Crippen molar-refractivity contribution in [2.24, 2.45) is 7.05 Å². The van der Waals surface area contributed by atoms with Gasteiger partial charge in [0.2, 0.25) is 0 Å². The number of hydrogen-bond acceptors (Lipinski definition) is 2. The summed E-state index contributed by atoms with van der Waals surface area (Å²) in [5.74, 6) is 0.0102. The molecule has 1 amide bonds. The van der Waals surface area contributed by atoms with Crippen LogP contribution in [0.3, 0.4) is 0 Å². The quantitative estimate of drug-likeness (QED) is 0.745. The number of aromatic nitrogens is 2. The topological polar surface area (TPSA) is 46.9 Å². The van der Waals surface area contributed by atoms with Gasteiger partial charge in [-0.25, -0.2) is 4.98 Å². The third-order valence-electron chi connectivity index (χ3n) is 3.00. The molecule has 4 nitrogen and oxygen atoms in total. The molecule has 0 aromatic carbocycles. The van der Waals surface area contributed by atoms with E-state index in [1.165, 1.54) is 0 Å². The van der Waals surface area contributed by atoms with Crippen molar-refractivity contribution in [3.63, 3.8) is 0 Å². The number of hydrogen-bond donors (Lipinski definition) is 1. The Bertz CT molecular complexity index is 603. The smallest absolute Gasteiger partial charge is 0.253 e. The van der Waals surface area contributed by atoms with E-state index in [1.54, 1.807) is 0 Å². The van der Waals surface area contributed by atoms with Crippen molar-refractivity contribution in [1.82, 2.24) is 14.9 Å². The van der Waals surface area contributed by atoms with E-state index >= 15 is 0 Å². The summed E-state index contributed by atoms with van der Waals surface area (Å²) in [5, 5.41) is 3.80. The first-order chi connectivity index (χ1) is 7.68. The molecule has 0 aliphatic carbocycles. The molecule has 0 bridgehead atoms. The van der Waals surface area contributed by atoms with Crippen LogP contribution < -0.4 is 5.32 Å². The highest BCUT2D eigenvalue weighted by molar-refractivity contribution is 9.10. The van der Waals surface area contributed by atoms with Crippen LogP contribution in [0.2, 0.25) is 0 Å². The van der Waals surface area contributed by atoms with Gasteiger partial charge in [-0.15, -0.1) is 0 Å². The van der Waals surface area contributed by atoms with Gasteiger partial charge < -0.3 is 9.88 Å². The Morgan fingerprint density at radius 2 is 2.31 bits per heavy atom. The Morgan fingerprint density at radius 3 is 3.12 bits per heavy atom. The molecule has 0 spiro atoms. The largest absolute Gasteiger partial charge is 0.352 e. The second kappa shape index (κ2) is 3.31. The molecule has 1 N–H and O–H groups in total. The van der Waals surface area contributed by atoms with E-state index in [9.17, 15) is 4.79 Å². The van der Waals surface area contributed by atoms with Gasteiger partial charge in [0.1, 0.15) is 10.3 Å². The van der Waals surface area contributed by atoms with E-state index in [-0.39, 0.29) is 5.91 Å². The lowest BCUT2D eigenvalue weighted by molar-refractivity contribution is 0.0947. The molecule has 0 atom stereocenters. The first kappa shape index (κ1) is 9.84. The van der Waals surface area contributed by atoms with Crippen LogP contribution in [0.1, 0.15) is 16.1 Å². The number of nitrogens with zero attached hydrogens (tertiary/aromatic N) is 2. The standard InChI is InChI=1S/C11H10BrN3O/c1-15-7-4-5-13-11(16)9(7)6-2-3-8(12)14-10(6)15/h2-3H,4-5H2,1H3,(H,13,16). The van der Waals surface area contributed by atoms with Crippen LogP contribution in [0, 0.1) is 0 Å². The molecule has 0 radical (unpaired) electrons. The summed E-state index contributed by atoms with van der Waals surface area (Å²) in [6.07, 6.45) is 0.867. The molecule has 1 aliphatic heterocycles. The maximum absolute atomic E-state index is 11.8. The van der Waals surface area contributed by atoms with Crippen molar-refractivity contribution in [1.29, 1.82) is 0 Å². The second-order valence-corrected chi connectivity index (χ2v) is 4.70. The molecule has 5 heteroatoms. The number of pyridine rings is 1. The Labute approximate surface area is 101 Å². The van der Waals surface area contributed by atoms with Gasteiger partial charge in [0.25, 0.3) is 5.91 Å². The fraction of sp³-hybridized carbons (Fsp3) is 0.273. The maximum atomic E-state index is 11.8. The summed E-state index contributed by atoms with van der Waals surface area (Å²) in [6.45, 7) is 0.706. The molecule has 0 saturated heterocycles. The summed E-state index contributed by atoms with van der Waals surface area (Å²) < 4.78 is 2.80. The maximum Gasteiger partial charge on any atom is 0.253 e. The Hall–Kier alpha value is -1.36. The predicted molar refractivity (Wildman–Crippen MR) is 64.5 cm³/mol. The fourth-order valence-electron chi connectivity index (χ4n) is 2.26. The van der Waals surface area contributed by atoms with Gasteiger partial charge in [-0.1, -0.05) is 0 Å². The van der Waals surface area contributed by atoms with Gasteiger partial charge in [0.05, 0.1) is 5.56 Å². The van der Waals surface area contributed by atoms with Crippen LogP contribution >= 0.6 is 15.9 Å². The van der Waals surface area contributed by atoms with Crippen molar-refractivity contribution in [3.05, 3.63) is 28.0 Å². The molecule has 16 heavy (non-hydrogen) atoms. The average Bonchev–Trinajstić information content (AvgIpc) is 2.55. The van der Waals surface area contributed by atoms with Crippen molar-refractivity contribution in [2.45, 2.75) is 6.42 Å². The minimum absolute atomic E-state index is 0.0102. The van der Waals surface area contributed by atoms with Crippen molar-refractivity contribution >= 4 is 32.9 Å². The normalized spacial score (nSPS) is 15.0. The number of aryl methyl sites for hydroxylation is 1. The van der Waals surface area contributed by atoms with E-state index in [1.807, 2.05) is 23.7 Å². The molecule has 0 unspecified atom stereocenters. The minimum atomic E-state index is 0.0102. The first-order valence-electron chi connectivity index (χ1n) is 5.10. The molecule has 82 valence electrons. The Balaban J connectivity index is 2.44. The Morgan fingerprint density at radius 1 is 1.50 bits per heavy atom. The summed E-state index contributed by atoms with van der Waals surface area (Å²) in [7, 11) is 1.96. The molecule has 2 aromatic heterocycles. The van der Waals surface area contributed by atoms with E-state index in [0.29, 0.717) is 6.54 Å². The zero-order chi connectivity index (χ0) is 11.3. The number of nitrogens with one attached hydrogen (secondary N) is 1. The van der Waals surface area contributed by atoms with E-state index in [4.69, 9.17) is 0 Å². The van der Waals surface area contributed by atoms with Crippen LogP contribution in [0.15, 0.2) is 16.7 Å². The molecule has 2 aromatic rings. The summed E-state index contributed by atoms with van der Waals surface area (Å²) in [6, 6.07) is 3.81. The van der Waals surface area contributed by atoms with Crippen LogP contribution in [-0.4, -0.2) is 22.0 Å². The molecular formula is C11H10BrN3O. The second-order valence-electron chi connectivity index (χ2n) is 3.89. The number of halogens is 1. The summed E-state index contributed by atoms with van der Waals surface area (Å²) >= 11 is 3.35. The highest BCUT2D eigenvalue weighted by Crippen LogP contribution is 2.27. The molecule has 3 rings (SSSR count). The zero-order valence-corrected chi connectivity index (χ0v) is 10.3. The number of carbonyl (C=O) groups is 1. The zero-order valence-electron chi connectivity index (χ0n) is 8.75. The van der Waals surface area contributed by atoms with Crippen LogP contribution in [0.5, 0.6) is 0 Å². The number of amides is 1. The highest BCUT2D eigenvalue weighted by atomic mass is 79.9. The third-order valence-corrected chi connectivity index (χ3v) is 3.44. The lowest BCUT2D eigenvalue weighted by Gasteiger charge is -2.13. The number of carbonyl (C=O) groups excluding carboxylic acids is 1. The molecule has 3 heterocycles. The van der Waals surface area contributed by atoms with Gasteiger partial charge in [0.15, 0.2) is 0 Å². The van der Waals surface area contributed by atoms with Crippen molar-refractivity contribution in [3.8, 4) is 0 Å². The van der Waals surface area contributed by atoms with Gasteiger partial charge in [-0.3, -0.25) is 4.79 Å². The fourth-order valence-corrected chi connectivity index (χ4v) is 2.56. The molecule has 0 saturated carbocycles. The molecular weight excluding hydrogens is 270 g/mol. The van der Waals surface area contributed by atoms with Crippen LogP contribution in [-0.2, 0) is 13.5 Å². The molecule has 0 fully saturated rings. The van der Waals surface area contributed by atoms with E-state index < -0.39 is 0 Å². The minimum Gasteiger partial charge on any atom is -0.352 e. The predicted octanol–water partition coefficient (Wildman–Crippen LogP) is 1.62. The SMILES string of the molecule is Cn1c2c(c3ccc(Br)nc31)C(=O)NCC2. The average molecular weight is 280 g/mol. The number of fused-ring (bicyclic) bond motifs is 3. The van der Waals surface area contributed by atoms with Crippen LogP contribution in [0.25, 0.3) is 11.0 Å². The third kappa shape index (κ3) is 1.21. The van der Waals surface area contributed by atoms with Gasteiger partial charge in [-0.05, 0) is 28.1 Å². The summed E-state index contributed by atoms with van der Waals surface area (Å²) in [5.41, 5.74) is 2.71. The van der Waals surface area contributed by atoms with Crippen molar-refractivity contribution < 1.29 is 4.79 Å². The monoisotopic (exact) mass is 279 g/mol. The lowest BCUT2D eigenvalue weighted by atomic mass is 10.1. The van der Waals surface area contributed by atoms with Gasteiger partial charge in [-0.2, -0.15) is 0 Å². The van der Waals surface area contributed by atoms with Gasteiger partial charge >= 0.3 is 0 Å². The highest BCUT2D eigenvalue weighted by Gasteiger charge is 2.24. The lowest BCUT2D eigenvalue weighted by Crippen LogP contribution is -2.32.